The Bertz CT molecular complexity index is 2850. The molecule has 0 atom stereocenters. The van der Waals surface area contributed by atoms with Crippen molar-refractivity contribution in [3.05, 3.63) is 182 Å². The number of furan rings is 1. The third-order valence-corrected chi connectivity index (χ3v) is 9.87. The smallest absolute Gasteiger partial charge is 0.180 e. The number of para-hydroxylation sites is 1. The van der Waals surface area contributed by atoms with Gasteiger partial charge in [0.2, 0.25) is 0 Å². The van der Waals surface area contributed by atoms with Gasteiger partial charge in [0.25, 0.3) is 0 Å². The van der Waals surface area contributed by atoms with Crippen LogP contribution in [-0.4, -0.2) is 9.97 Å². The maximum absolute atomic E-state index is 6.35. The number of benzene rings is 8. The second kappa shape index (κ2) is 11.9. The monoisotopic (exact) mass is 650 g/mol. The van der Waals surface area contributed by atoms with E-state index in [1.165, 1.54) is 43.8 Å². The largest absolute Gasteiger partial charge is 0.452 e. The summed E-state index contributed by atoms with van der Waals surface area (Å²) in [5.74, 6) is 0.666. The van der Waals surface area contributed by atoms with Crippen LogP contribution in [0, 0.1) is 0 Å². The van der Waals surface area contributed by atoms with Crippen molar-refractivity contribution in [2.45, 2.75) is 0 Å². The topological polar surface area (TPSA) is 38.9 Å². The lowest BCUT2D eigenvalue weighted by Gasteiger charge is -2.18. The van der Waals surface area contributed by atoms with Crippen molar-refractivity contribution in [3.8, 4) is 56.0 Å². The molecule has 8 aromatic carbocycles. The third-order valence-electron chi connectivity index (χ3n) is 9.87. The molecule has 0 amide bonds. The van der Waals surface area contributed by atoms with E-state index in [0.717, 1.165) is 44.4 Å². The van der Waals surface area contributed by atoms with Gasteiger partial charge in [0.1, 0.15) is 16.8 Å². The number of aromatic nitrogens is 2. The summed E-state index contributed by atoms with van der Waals surface area (Å²) < 4.78 is 6.35. The van der Waals surface area contributed by atoms with Crippen molar-refractivity contribution in [2.24, 2.45) is 0 Å². The Hall–Kier alpha value is -6.84. The minimum absolute atomic E-state index is 0.666. The van der Waals surface area contributed by atoms with Gasteiger partial charge < -0.3 is 4.42 Å². The van der Waals surface area contributed by atoms with Gasteiger partial charge in [-0.1, -0.05) is 158 Å². The summed E-state index contributed by atoms with van der Waals surface area (Å²) in [4.78, 5) is 10.2. The van der Waals surface area contributed by atoms with Crippen molar-refractivity contribution < 1.29 is 4.42 Å². The van der Waals surface area contributed by atoms with Crippen molar-refractivity contribution >= 4 is 43.6 Å². The van der Waals surface area contributed by atoms with E-state index in [9.17, 15) is 0 Å². The second-order valence-corrected chi connectivity index (χ2v) is 12.9. The van der Waals surface area contributed by atoms with Crippen LogP contribution in [0.15, 0.2) is 186 Å². The first-order chi connectivity index (χ1) is 25.3. The van der Waals surface area contributed by atoms with E-state index < -0.39 is 0 Å². The van der Waals surface area contributed by atoms with Gasteiger partial charge in [-0.25, -0.2) is 9.97 Å². The fraction of sp³-hybridized carbons (Fsp3) is 0. The van der Waals surface area contributed by atoms with Gasteiger partial charge in [0.05, 0.1) is 0 Å². The molecule has 0 aliphatic heterocycles. The van der Waals surface area contributed by atoms with Gasteiger partial charge >= 0.3 is 0 Å². The van der Waals surface area contributed by atoms with Crippen LogP contribution in [0.5, 0.6) is 0 Å². The van der Waals surface area contributed by atoms with Gasteiger partial charge in [-0.2, -0.15) is 0 Å². The molecule has 0 radical (unpaired) electrons. The van der Waals surface area contributed by atoms with Gasteiger partial charge in [0, 0.05) is 16.5 Å². The molecule has 0 bridgehead atoms. The zero-order valence-corrected chi connectivity index (χ0v) is 27.6. The van der Waals surface area contributed by atoms with Crippen LogP contribution >= 0.6 is 0 Å². The fourth-order valence-corrected chi connectivity index (χ4v) is 7.56. The molecule has 0 fully saturated rings. The van der Waals surface area contributed by atoms with Crippen molar-refractivity contribution in [1.82, 2.24) is 9.97 Å². The number of rotatable bonds is 5. The van der Waals surface area contributed by atoms with Crippen molar-refractivity contribution in [2.75, 3.05) is 0 Å². The van der Waals surface area contributed by atoms with E-state index in [-0.39, 0.29) is 0 Å². The quantitative estimate of drug-likeness (QED) is 0.174. The Labute approximate surface area is 295 Å². The maximum Gasteiger partial charge on any atom is 0.180 e. The molecule has 2 heterocycles. The number of nitrogens with zero attached hydrogens (tertiary/aromatic N) is 2. The molecule has 10 aromatic rings. The summed E-state index contributed by atoms with van der Waals surface area (Å²) in [6.45, 7) is 0. The fourth-order valence-electron chi connectivity index (χ4n) is 7.56. The minimum atomic E-state index is 0.666. The van der Waals surface area contributed by atoms with Crippen LogP contribution < -0.4 is 0 Å². The van der Waals surface area contributed by atoms with Crippen LogP contribution in [0.1, 0.15) is 0 Å². The van der Waals surface area contributed by atoms with E-state index in [2.05, 4.69) is 146 Å². The zero-order valence-electron chi connectivity index (χ0n) is 27.6. The van der Waals surface area contributed by atoms with Gasteiger partial charge in [0.15, 0.2) is 11.4 Å². The Morgan fingerprint density at radius 1 is 0.333 bits per heavy atom. The third kappa shape index (κ3) is 4.90. The average molecular weight is 651 g/mol. The summed E-state index contributed by atoms with van der Waals surface area (Å²) in [7, 11) is 0. The normalized spacial score (nSPS) is 11.5. The van der Waals surface area contributed by atoms with Crippen molar-refractivity contribution in [1.29, 1.82) is 0 Å². The molecule has 238 valence electrons. The molecule has 0 saturated carbocycles. The van der Waals surface area contributed by atoms with Gasteiger partial charge in [-0.05, 0) is 79.2 Å². The van der Waals surface area contributed by atoms with Crippen LogP contribution in [0.2, 0.25) is 0 Å². The highest BCUT2D eigenvalue weighted by molar-refractivity contribution is 6.21. The first-order valence-corrected chi connectivity index (χ1v) is 17.2. The van der Waals surface area contributed by atoms with Crippen LogP contribution in [0.25, 0.3) is 99.6 Å². The highest BCUT2D eigenvalue weighted by Gasteiger charge is 2.19. The first-order valence-electron chi connectivity index (χ1n) is 17.2. The van der Waals surface area contributed by atoms with Gasteiger partial charge in [-0.3, -0.25) is 0 Å². The molecule has 0 aliphatic rings. The van der Waals surface area contributed by atoms with E-state index in [0.29, 0.717) is 11.4 Å². The van der Waals surface area contributed by atoms with Crippen LogP contribution in [0.3, 0.4) is 0 Å². The Balaban J connectivity index is 1.14. The molecule has 0 N–H and O–H groups in total. The Morgan fingerprint density at radius 2 is 0.784 bits per heavy atom. The predicted octanol–water partition coefficient (Wildman–Crippen LogP) is 13.0. The summed E-state index contributed by atoms with van der Waals surface area (Å²) in [5, 5.41) is 5.96. The van der Waals surface area contributed by atoms with Gasteiger partial charge in [-0.15, -0.1) is 0 Å². The molecule has 3 nitrogen and oxygen atoms in total. The van der Waals surface area contributed by atoms with E-state index in [4.69, 9.17) is 14.4 Å². The molecule has 10 rings (SSSR count). The molecule has 3 heteroatoms. The lowest BCUT2D eigenvalue weighted by atomic mass is 9.85. The molecule has 2 aromatic heterocycles. The molecule has 0 spiro atoms. The van der Waals surface area contributed by atoms with E-state index in [1.807, 2.05) is 36.4 Å². The lowest BCUT2D eigenvalue weighted by molar-refractivity contribution is 0.667. The SMILES string of the molecule is c1ccc(-c2c3ccccc3c(-c3cccc(-c4cccc(-c5nc(-c6ccccc6)c6oc7ccccc7c6n5)c4)c3)c3ccccc23)cc1. The lowest BCUT2D eigenvalue weighted by Crippen LogP contribution is -1.94. The molecule has 51 heavy (non-hydrogen) atoms. The predicted molar refractivity (Wildman–Crippen MR) is 212 cm³/mol. The highest BCUT2D eigenvalue weighted by Crippen LogP contribution is 2.44. The van der Waals surface area contributed by atoms with Crippen LogP contribution in [-0.2, 0) is 0 Å². The maximum atomic E-state index is 6.35. The molecular weight excluding hydrogens is 621 g/mol. The number of fused-ring (bicyclic) bond motifs is 5. The summed E-state index contributed by atoms with van der Waals surface area (Å²) >= 11 is 0. The first kappa shape index (κ1) is 29.1. The summed E-state index contributed by atoms with van der Waals surface area (Å²) in [5.41, 5.74) is 12.2. The summed E-state index contributed by atoms with van der Waals surface area (Å²) in [6.07, 6.45) is 0. The van der Waals surface area contributed by atoms with Crippen LogP contribution in [0.4, 0.5) is 0 Å². The minimum Gasteiger partial charge on any atom is -0.452 e. The molecule has 0 aliphatic carbocycles. The zero-order chi connectivity index (χ0) is 33.7. The van der Waals surface area contributed by atoms with Crippen molar-refractivity contribution in [3.63, 3.8) is 0 Å². The number of hydrogen-bond acceptors (Lipinski definition) is 3. The standard InChI is InChI=1S/C48H30N2O/c1-3-15-31(16-4-1)43-37-23-7-9-25-39(37)44(40-26-10-8-24-38(40)43)35-21-13-19-33(29-35)34-20-14-22-36(30-34)48-49-45(32-17-5-2-6-18-32)47-46(50-48)41-27-11-12-28-42(41)51-47/h1-30H. The Kier molecular flexibility index (Phi) is 6.81. The average Bonchev–Trinajstić information content (AvgIpc) is 3.59. The second-order valence-electron chi connectivity index (χ2n) is 12.9. The molecule has 0 saturated heterocycles. The van der Waals surface area contributed by atoms with E-state index in [1.54, 1.807) is 0 Å². The van der Waals surface area contributed by atoms with E-state index >= 15 is 0 Å². The molecule has 0 unspecified atom stereocenters. The summed E-state index contributed by atoms with van der Waals surface area (Å²) in [6, 6.07) is 64.1. The number of hydrogen-bond donors (Lipinski definition) is 0. The highest BCUT2D eigenvalue weighted by atomic mass is 16.3. The Morgan fingerprint density at radius 3 is 1.41 bits per heavy atom. The molecular formula is C48H30N2O.